The van der Waals surface area contributed by atoms with Crippen LogP contribution in [0.4, 0.5) is 5.00 Å². The second kappa shape index (κ2) is 8.60. The van der Waals surface area contributed by atoms with Crippen molar-refractivity contribution < 1.29 is 14.3 Å². The molecule has 7 heteroatoms. The number of nitrogens with zero attached hydrogens (tertiary/aromatic N) is 2. The number of rotatable bonds is 5. The van der Waals surface area contributed by atoms with Gasteiger partial charge in [-0.15, -0.1) is 11.3 Å². The highest BCUT2D eigenvalue weighted by atomic mass is 32.1. The van der Waals surface area contributed by atoms with E-state index < -0.39 is 5.91 Å². The van der Waals surface area contributed by atoms with E-state index in [-0.39, 0.29) is 5.57 Å². The molecule has 0 saturated heterocycles. The predicted molar refractivity (Wildman–Crippen MR) is 107 cm³/mol. The van der Waals surface area contributed by atoms with Crippen molar-refractivity contribution in [3.8, 4) is 23.6 Å². The number of aryl methyl sites for hydroxylation is 1. The van der Waals surface area contributed by atoms with Crippen LogP contribution >= 0.6 is 11.3 Å². The van der Waals surface area contributed by atoms with Crippen LogP contribution in [-0.2, 0) is 17.6 Å². The maximum Gasteiger partial charge on any atom is 0.266 e. The molecule has 1 aromatic heterocycles. The van der Waals surface area contributed by atoms with Crippen molar-refractivity contribution in [2.75, 3.05) is 19.5 Å². The average Bonchev–Trinajstić information content (AvgIpc) is 3.08. The van der Waals surface area contributed by atoms with Gasteiger partial charge in [0, 0.05) is 16.5 Å². The molecule has 1 aromatic carbocycles. The molecule has 142 valence electrons. The lowest BCUT2D eigenvalue weighted by Gasteiger charge is -2.09. The van der Waals surface area contributed by atoms with E-state index >= 15 is 0 Å². The van der Waals surface area contributed by atoms with Gasteiger partial charge in [0.1, 0.15) is 34.2 Å². The number of carbonyl (C=O) groups is 1. The first-order valence-electron chi connectivity index (χ1n) is 8.81. The Hall–Kier alpha value is -3.29. The van der Waals surface area contributed by atoms with Gasteiger partial charge in [-0.05, 0) is 49.5 Å². The standard InChI is InChI=1S/C21H19N3O3S/c1-26-15-8-7-13(18(10-15)27-2)9-14(11-22)20(25)24-21-17(12-23)16-5-3-4-6-19(16)28-21/h7-10H,3-6H2,1-2H3,(H,24,25)/b14-9+. The van der Waals surface area contributed by atoms with Gasteiger partial charge in [-0.25, -0.2) is 0 Å². The van der Waals surface area contributed by atoms with E-state index in [4.69, 9.17) is 9.47 Å². The number of methoxy groups -OCH3 is 2. The average molecular weight is 393 g/mol. The quantitative estimate of drug-likeness (QED) is 0.610. The molecule has 0 spiro atoms. The van der Waals surface area contributed by atoms with E-state index in [0.29, 0.717) is 27.6 Å². The smallest absolute Gasteiger partial charge is 0.266 e. The number of benzene rings is 1. The lowest BCUT2D eigenvalue weighted by Crippen LogP contribution is -2.13. The molecule has 0 radical (unpaired) electrons. The molecule has 1 amide bonds. The first kappa shape index (κ1) is 19.5. The van der Waals surface area contributed by atoms with Crippen LogP contribution < -0.4 is 14.8 Å². The third-order valence-electron chi connectivity index (χ3n) is 4.62. The summed E-state index contributed by atoms with van der Waals surface area (Å²) in [5.74, 6) is 0.555. The van der Waals surface area contributed by atoms with Crippen molar-refractivity contribution in [2.45, 2.75) is 25.7 Å². The minimum absolute atomic E-state index is 0.0706. The third kappa shape index (κ3) is 3.85. The number of hydrogen-bond donors (Lipinski definition) is 1. The molecule has 0 atom stereocenters. The van der Waals surface area contributed by atoms with Crippen LogP contribution in [0, 0.1) is 22.7 Å². The molecule has 1 aliphatic rings. The Morgan fingerprint density at radius 3 is 2.68 bits per heavy atom. The number of ether oxygens (including phenoxy) is 2. The fourth-order valence-electron chi connectivity index (χ4n) is 3.18. The summed E-state index contributed by atoms with van der Waals surface area (Å²) in [5, 5.41) is 22.3. The summed E-state index contributed by atoms with van der Waals surface area (Å²) in [7, 11) is 3.05. The molecular formula is C21H19N3O3S. The molecule has 1 aliphatic carbocycles. The molecule has 3 rings (SSSR count). The van der Waals surface area contributed by atoms with Gasteiger partial charge < -0.3 is 14.8 Å². The maximum atomic E-state index is 12.7. The molecule has 2 aromatic rings. The molecule has 0 saturated carbocycles. The van der Waals surface area contributed by atoms with Crippen molar-refractivity contribution in [3.63, 3.8) is 0 Å². The second-order valence-corrected chi connectivity index (χ2v) is 7.36. The predicted octanol–water partition coefficient (Wildman–Crippen LogP) is 4.06. The van der Waals surface area contributed by atoms with Crippen LogP contribution in [0.2, 0.25) is 0 Å². The Labute approximate surface area is 167 Å². The topological polar surface area (TPSA) is 95.1 Å². The van der Waals surface area contributed by atoms with Crippen molar-refractivity contribution in [2.24, 2.45) is 0 Å². The Bertz CT molecular complexity index is 1020. The van der Waals surface area contributed by atoms with Crippen molar-refractivity contribution in [1.82, 2.24) is 0 Å². The van der Waals surface area contributed by atoms with Gasteiger partial charge in [0.15, 0.2) is 0 Å². The number of fused-ring (bicyclic) bond motifs is 1. The number of amides is 1. The van der Waals surface area contributed by atoms with Gasteiger partial charge in [-0.3, -0.25) is 4.79 Å². The minimum Gasteiger partial charge on any atom is -0.497 e. The van der Waals surface area contributed by atoms with Gasteiger partial charge >= 0.3 is 0 Å². The highest BCUT2D eigenvalue weighted by Gasteiger charge is 2.22. The summed E-state index contributed by atoms with van der Waals surface area (Å²) < 4.78 is 10.5. The number of anilines is 1. The largest absolute Gasteiger partial charge is 0.497 e. The molecular weight excluding hydrogens is 374 g/mol. The first-order valence-corrected chi connectivity index (χ1v) is 9.62. The molecule has 0 bridgehead atoms. The van der Waals surface area contributed by atoms with Crippen LogP contribution in [-0.4, -0.2) is 20.1 Å². The number of thiophene rings is 1. The van der Waals surface area contributed by atoms with Gasteiger partial charge in [0.05, 0.1) is 19.8 Å². The van der Waals surface area contributed by atoms with Crippen LogP contribution in [0.15, 0.2) is 23.8 Å². The van der Waals surface area contributed by atoms with E-state index in [2.05, 4.69) is 11.4 Å². The zero-order valence-corrected chi connectivity index (χ0v) is 16.5. The summed E-state index contributed by atoms with van der Waals surface area (Å²) in [6, 6.07) is 9.26. The molecule has 28 heavy (non-hydrogen) atoms. The van der Waals surface area contributed by atoms with Gasteiger partial charge in [-0.2, -0.15) is 10.5 Å². The van der Waals surface area contributed by atoms with E-state index in [0.717, 1.165) is 36.1 Å². The Kier molecular flexibility index (Phi) is 5.98. The summed E-state index contributed by atoms with van der Waals surface area (Å²) in [6.45, 7) is 0. The number of carbonyl (C=O) groups excluding carboxylic acids is 1. The first-order chi connectivity index (χ1) is 13.6. The van der Waals surface area contributed by atoms with Crippen LogP contribution in [0.25, 0.3) is 6.08 Å². The highest BCUT2D eigenvalue weighted by molar-refractivity contribution is 7.16. The molecule has 0 fully saturated rings. The highest BCUT2D eigenvalue weighted by Crippen LogP contribution is 2.38. The normalized spacial score (nSPS) is 13.1. The minimum atomic E-state index is -0.546. The fraction of sp³-hybridized carbons (Fsp3) is 0.286. The Morgan fingerprint density at radius 1 is 1.21 bits per heavy atom. The SMILES string of the molecule is COc1ccc(/C=C(\C#N)C(=O)Nc2sc3c(c2C#N)CCCC3)c(OC)c1. The van der Waals surface area contributed by atoms with Gasteiger partial charge in [0.25, 0.3) is 5.91 Å². The number of nitrogens with one attached hydrogen (secondary N) is 1. The summed E-state index contributed by atoms with van der Waals surface area (Å²) in [5.41, 5.74) is 2.07. The van der Waals surface area contributed by atoms with Crippen LogP contribution in [0.5, 0.6) is 11.5 Å². The van der Waals surface area contributed by atoms with E-state index in [1.54, 1.807) is 25.3 Å². The molecule has 0 unspecified atom stereocenters. The van der Waals surface area contributed by atoms with Gasteiger partial charge in [0.2, 0.25) is 0 Å². The van der Waals surface area contributed by atoms with E-state index in [1.165, 1.54) is 24.5 Å². The molecule has 6 nitrogen and oxygen atoms in total. The maximum absolute atomic E-state index is 12.7. The Morgan fingerprint density at radius 2 is 2.00 bits per heavy atom. The van der Waals surface area contributed by atoms with E-state index in [9.17, 15) is 15.3 Å². The van der Waals surface area contributed by atoms with Crippen LogP contribution in [0.1, 0.15) is 34.4 Å². The van der Waals surface area contributed by atoms with Crippen molar-refractivity contribution in [3.05, 3.63) is 45.3 Å². The van der Waals surface area contributed by atoms with Gasteiger partial charge in [-0.1, -0.05) is 0 Å². The zero-order chi connectivity index (χ0) is 20.1. The number of nitriles is 2. The van der Waals surface area contributed by atoms with Crippen molar-refractivity contribution in [1.29, 1.82) is 10.5 Å². The molecule has 0 aliphatic heterocycles. The lowest BCUT2D eigenvalue weighted by atomic mass is 9.96. The summed E-state index contributed by atoms with van der Waals surface area (Å²) in [4.78, 5) is 13.8. The van der Waals surface area contributed by atoms with Crippen LogP contribution in [0.3, 0.4) is 0 Å². The van der Waals surface area contributed by atoms with Crippen molar-refractivity contribution >= 4 is 28.3 Å². The summed E-state index contributed by atoms with van der Waals surface area (Å²) in [6.07, 6.45) is 5.38. The van der Waals surface area contributed by atoms with E-state index in [1.807, 2.05) is 6.07 Å². The molecule has 1 N–H and O–H groups in total. The lowest BCUT2D eigenvalue weighted by molar-refractivity contribution is -0.112. The second-order valence-electron chi connectivity index (χ2n) is 6.26. The monoisotopic (exact) mass is 393 g/mol. The number of hydrogen-bond acceptors (Lipinski definition) is 6. The third-order valence-corrected chi connectivity index (χ3v) is 5.82. The summed E-state index contributed by atoms with van der Waals surface area (Å²) >= 11 is 1.43. The zero-order valence-electron chi connectivity index (χ0n) is 15.7. The fourth-order valence-corrected chi connectivity index (χ4v) is 4.42. The molecule has 1 heterocycles. The Balaban J connectivity index is 1.90.